The zero-order valence-electron chi connectivity index (χ0n) is 9.86. The molecule has 0 radical (unpaired) electrons. The highest BCUT2D eigenvalue weighted by atomic mass is 19.1. The molecule has 0 saturated carbocycles. The lowest BCUT2D eigenvalue weighted by Crippen LogP contribution is -2.14. The average Bonchev–Trinajstić information content (AvgIpc) is 2.41. The van der Waals surface area contributed by atoms with Crippen molar-refractivity contribution in [3.63, 3.8) is 0 Å². The molecule has 1 atom stereocenters. The van der Waals surface area contributed by atoms with E-state index in [0.29, 0.717) is 11.3 Å². The van der Waals surface area contributed by atoms with Gasteiger partial charge in [0, 0.05) is 5.56 Å². The van der Waals surface area contributed by atoms with Crippen LogP contribution in [-0.2, 0) is 0 Å². The summed E-state index contributed by atoms with van der Waals surface area (Å²) in [4.78, 5) is 0. The summed E-state index contributed by atoms with van der Waals surface area (Å²) in [5.41, 5.74) is 6.74. The zero-order chi connectivity index (χ0) is 13.1. The van der Waals surface area contributed by atoms with E-state index in [0.717, 1.165) is 18.2 Å². The van der Waals surface area contributed by atoms with Crippen molar-refractivity contribution in [1.29, 1.82) is 0 Å². The molecule has 1 unspecified atom stereocenters. The Labute approximate surface area is 104 Å². The molecule has 2 aromatic carbocycles. The van der Waals surface area contributed by atoms with Crippen molar-refractivity contribution in [3.8, 4) is 5.75 Å². The summed E-state index contributed by atoms with van der Waals surface area (Å²) in [5, 5.41) is 0. The van der Waals surface area contributed by atoms with Gasteiger partial charge in [-0.25, -0.2) is 8.78 Å². The standard InChI is InChI=1S/C14H13F2NO/c1-18-11-4-2-3-9(7-11)14(17)12-8-10(15)5-6-13(12)16/h2-8,14H,17H2,1H3. The Balaban J connectivity index is 2.40. The second-order valence-corrected chi connectivity index (χ2v) is 3.92. The molecule has 0 aliphatic rings. The van der Waals surface area contributed by atoms with E-state index in [9.17, 15) is 8.78 Å². The van der Waals surface area contributed by atoms with Crippen molar-refractivity contribution in [1.82, 2.24) is 0 Å². The molecule has 0 amide bonds. The van der Waals surface area contributed by atoms with Gasteiger partial charge in [0.15, 0.2) is 0 Å². The molecule has 4 heteroatoms. The minimum Gasteiger partial charge on any atom is -0.497 e. The van der Waals surface area contributed by atoms with Crippen molar-refractivity contribution in [3.05, 3.63) is 65.2 Å². The van der Waals surface area contributed by atoms with Gasteiger partial charge >= 0.3 is 0 Å². The SMILES string of the molecule is COc1cccc(C(N)c2cc(F)ccc2F)c1. The fourth-order valence-corrected chi connectivity index (χ4v) is 1.77. The van der Waals surface area contributed by atoms with Crippen LogP contribution in [0, 0.1) is 11.6 Å². The van der Waals surface area contributed by atoms with Crippen LogP contribution in [0.5, 0.6) is 5.75 Å². The number of benzene rings is 2. The van der Waals surface area contributed by atoms with Gasteiger partial charge in [-0.1, -0.05) is 12.1 Å². The normalized spacial score (nSPS) is 12.2. The molecule has 0 saturated heterocycles. The third-order valence-electron chi connectivity index (χ3n) is 2.75. The van der Waals surface area contributed by atoms with Crippen molar-refractivity contribution in [2.24, 2.45) is 5.73 Å². The highest BCUT2D eigenvalue weighted by Gasteiger charge is 2.15. The van der Waals surface area contributed by atoms with Gasteiger partial charge in [-0.05, 0) is 35.9 Å². The topological polar surface area (TPSA) is 35.2 Å². The summed E-state index contributed by atoms with van der Waals surface area (Å²) in [7, 11) is 1.54. The molecule has 2 rings (SSSR count). The van der Waals surface area contributed by atoms with Gasteiger partial charge < -0.3 is 10.5 Å². The first-order valence-corrected chi connectivity index (χ1v) is 5.46. The van der Waals surface area contributed by atoms with Crippen LogP contribution in [-0.4, -0.2) is 7.11 Å². The van der Waals surface area contributed by atoms with Crippen LogP contribution in [0.2, 0.25) is 0 Å². The third-order valence-corrected chi connectivity index (χ3v) is 2.75. The third kappa shape index (κ3) is 2.49. The van der Waals surface area contributed by atoms with E-state index in [2.05, 4.69) is 0 Å². The fourth-order valence-electron chi connectivity index (χ4n) is 1.77. The average molecular weight is 249 g/mol. The van der Waals surface area contributed by atoms with E-state index in [-0.39, 0.29) is 5.56 Å². The first kappa shape index (κ1) is 12.5. The van der Waals surface area contributed by atoms with E-state index >= 15 is 0 Å². The van der Waals surface area contributed by atoms with Gasteiger partial charge in [0.25, 0.3) is 0 Å². The largest absolute Gasteiger partial charge is 0.497 e. The monoisotopic (exact) mass is 249 g/mol. The molecule has 94 valence electrons. The summed E-state index contributed by atoms with van der Waals surface area (Å²) in [6.45, 7) is 0. The van der Waals surface area contributed by atoms with E-state index < -0.39 is 17.7 Å². The number of ether oxygens (including phenoxy) is 1. The molecule has 2 aromatic rings. The van der Waals surface area contributed by atoms with Crippen LogP contribution in [0.15, 0.2) is 42.5 Å². The molecule has 18 heavy (non-hydrogen) atoms. The maximum atomic E-state index is 13.6. The lowest BCUT2D eigenvalue weighted by atomic mass is 9.99. The second kappa shape index (κ2) is 5.14. The van der Waals surface area contributed by atoms with Crippen LogP contribution in [0.1, 0.15) is 17.2 Å². The van der Waals surface area contributed by atoms with Gasteiger partial charge in [0.05, 0.1) is 13.2 Å². The molecule has 0 heterocycles. The summed E-state index contributed by atoms with van der Waals surface area (Å²) in [6.07, 6.45) is 0. The number of halogens is 2. The molecule has 0 fully saturated rings. The minimum absolute atomic E-state index is 0.128. The molecule has 0 aromatic heterocycles. The Morgan fingerprint density at radius 3 is 2.61 bits per heavy atom. The van der Waals surface area contributed by atoms with Crippen LogP contribution >= 0.6 is 0 Å². The number of rotatable bonds is 3. The van der Waals surface area contributed by atoms with Crippen LogP contribution in [0.25, 0.3) is 0 Å². The number of hydrogen-bond donors (Lipinski definition) is 1. The van der Waals surface area contributed by atoms with Gasteiger partial charge in [-0.15, -0.1) is 0 Å². The summed E-state index contributed by atoms with van der Waals surface area (Å²) < 4.78 is 31.8. The van der Waals surface area contributed by atoms with Gasteiger partial charge in [0.2, 0.25) is 0 Å². The first-order valence-electron chi connectivity index (χ1n) is 5.46. The first-order chi connectivity index (χ1) is 8.61. The van der Waals surface area contributed by atoms with Gasteiger partial charge in [-0.3, -0.25) is 0 Å². The number of hydrogen-bond acceptors (Lipinski definition) is 2. The molecule has 0 aliphatic carbocycles. The van der Waals surface area contributed by atoms with Gasteiger partial charge in [0.1, 0.15) is 17.4 Å². The Morgan fingerprint density at radius 2 is 1.89 bits per heavy atom. The lowest BCUT2D eigenvalue weighted by Gasteiger charge is -2.14. The number of methoxy groups -OCH3 is 1. The number of nitrogens with two attached hydrogens (primary N) is 1. The van der Waals surface area contributed by atoms with Crippen LogP contribution in [0.4, 0.5) is 8.78 Å². The molecular formula is C14H13F2NO. The molecule has 2 nitrogen and oxygen atoms in total. The van der Waals surface area contributed by atoms with E-state index in [4.69, 9.17) is 10.5 Å². The smallest absolute Gasteiger partial charge is 0.128 e. The Morgan fingerprint density at radius 1 is 1.11 bits per heavy atom. The van der Waals surface area contributed by atoms with Crippen molar-refractivity contribution in [2.75, 3.05) is 7.11 Å². The Hall–Kier alpha value is -1.94. The van der Waals surface area contributed by atoms with E-state index in [1.165, 1.54) is 7.11 Å². The summed E-state index contributed by atoms with van der Waals surface area (Å²) in [6, 6.07) is 9.49. The van der Waals surface area contributed by atoms with Crippen LogP contribution < -0.4 is 10.5 Å². The quantitative estimate of drug-likeness (QED) is 0.907. The highest BCUT2D eigenvalue weighted by Crippen LogP contribution is 2.25. The van der Waals surface area contributed by atoms with Crippen molar-refractivity contribution < 1.29 is 13.5 Å². The maximum absolute atomic E-state index is 13.6. The zero-order valence-corrected chi connectivity index (χ0v) is 9.86. The Kier molecular flexibility index (Phi) is 3.58. The predicted octanol–water partition coefficient (Wildman–Crippen LogP) is 3.02. The van der Waals surface area contributed by atoms with Gasteiger partial charge in [-0.2, -0.15) is 0 Å². The summed E-state index contributed by atoms with van der Waals surface area (Å²) in [5.74, 6) is -0.406. The molecule has 0 bridgehead atoms. The Bertz CT molecular complexity index is 557. The molecular weight excluding hydrogens is 236 g/mol. The van der Waals surface area contributed by atoms with Crippen molar-refractivity contribution >= 4 is 0 Å². The van der Waals surface area contributed by atoms with E-state index in [1.807, 2.05) is 0 Å². The van der Waals surface area contributed by atoms with E-state index in [1.54, 1.807) is 24.3 Å². The minimum atomic E-state index is -0.726. The summed E-state index contributed by atoms with van der Waals surface area (Å²) >= 11 is 0. The highest BCUT2D eigenvalue weighted by molar-refractivity contribution is 5.37. The van der Waals surface area contributed by atoms with Crippen molar-refractivity contribution in [2.45, 2.75) is 6.04 Å². The predicted molar refractivity (Wildman–Crippen MR) is 65.4 cm³/mol. The second-order valence-electron chi connectivity index (χ2n) is 3.92. The van der Waals surface area contributed by atoms with Crippen LogP contribution in [0.3, 0.4) is 0 Å². The maximum Gasteiger partial charge on any atom is 0.128 e. The fraction of sp³-hybridized carbons (Fsp3) is 0.143. The molecule has 2 N–H and O–H groups in total. The molecule has 0 spiro atoms. The molecule has 0 aliphatic heterocycles. The lowest BCUT2D eigenvalue weighted by molar-refractivity contribution is 0.414.